The molecule has 0 bridgehead atoms. The van der Waals surface area contributed by atoms with Crippen LogP contribution in [0.3, 0.4) is 0 Å². The molecule has 27 heavy (non-hydrogen) atoms. The number of ether oxygens (including phenoxy) is 1. The predicted octanol–water partition coefficient (Wildman–Crippen LogP) is 3.88. The zero-order valence-electron chi connectivity index (χ0n) is 14.3. The van der Waals surface area contributed by atoms with Crippen LogP contribution in [0, 0.1) is 12.7 Å². The number of amides is 1. The van der Waals surface area contributed by atoms with Gasteiger partial charge in [0, 0.05) is 15.8 Å². The maximum atomic E-state index is 13.1. The van der Waals surface area contributed by atoms with Gasteiger partial charge in [-0.05, 0) is 48.9 Å². The summed E-state index contributed by atoms with van der Waals surface area (Å²) in [6.07, 6.45) is 2.73. The summed E-state index contributed by atoms with van der Waals surface area (Å²) in [5.74, 6) is -1.56. The summed E-state index contributed by atoms with van der Waals surface area (Å²) >= 11 is 3.39. The quantitative estimate of drug-likeness (QED) is 0.622. The van der Waals surface area contributed by atoms with Crippen molar-refractivity contribution in [1.29, 1.82) is 0 Å². The standard InChI is InChI=1S/C19H15BrFN3O3/c1-12-2-5-14(8-16(12)20)23-18(25)10-27-19(26)17-9-22-11-24(17)15-6-3-13(21)4-7-15/h2-9,11H,10H2,1H3,(H,23,25). The summed E-state index contributed by atoms with van der Waals surface area (Å²) in [6, 6.07) is 10.9. The number of hydrogen-bond donors (Lipinski definition) is 1. The van der Waals surface area contributed by atoms with Crippen molar-refractivity contribution in [2.24, 2.45) is 0 Å². The molecule has 1 amide bonds. The van der Waals surface area contributed by atoms with Gasteiger partial charge in [0.15, 0.2) is 12.3 Å². The van der Waals surface area contributed by atoms with Gasteiger partial charge in [0.05, 0.1) is 12.5 Å². The van der Waals surface area contributed by atoms with Crippen molar-refractivity contribution in [2.75, 3.05) is 11.9 Å². The van der Waals surface area contributed by atoms with Crippen LogP contribution in [0.5, 0.6) is 0 Å². The Kier molecular flexibility index (Phi) is 5.66. The highest BCUT2D eigenvalue weighted by molar-refractivity contribution is 9.10. The fourth-order valence-electron chi connectivity index (χ4n) is 2.33. The summed E-state index contributed by atoms with van der Waals surface area (Å²) in [5.41, 5.74) is 2.31. The molecule has 0 atom stereocenters. The molecule has 1 aromatic heterocycles. The normalized spacial score (nSPS) is 10.5. The molecule has 138 valence electrons. The second-order valence-corrected chi connectivity index (χ2v) is 6.57. The highest BCUT2D eigenvalue weighted by Gasteiger charge is 2.16. The van der Waals surface area contributed by atoms with Gasteiger partial charge in [-0.2, -0.15) is 0 Å². The van der Waals surface area contributed by atoms with Gasteiger partial charge in [-0.3, -0.25) is 9.36 Å². The average Bonchev–Trinajstić information content (AvgIpc) is 3.13. The average molecular weight is 432 g/mol. The Morgan fingerprint density at radius 2 is 1.96 bits per heavy atom. The number of halogens is 2. The van der Waals surface area contributed by atoms with Gasteiger partial charge in [0.25, 0.3) is 5.91 Å². The number of esters is 1. The maximum absolute atomic E-state index is 13.1. The van der Waals surface area contributed by atoms with Crippen LogP contribution in [0.15, 0.2) is 59.5 Å². The molecule has 0 radical (unpaired) electrons. The Hall–Kier alpha value is -3.00. The highest BCUT2D eigenvalue weighted by Crippen LogP contribution is 2.20. The first-order valence-electron chi connectivity index (χ1n) is 7.95. The van der Waals surface area contributed by atoms with Crippen molar-refractivity contribution in [2.45, 2.75) is 6.92 Å². The molecule has 0 aliphatic heterocycles. The van der Waals surface area contributed by atoms with Crippen molar-refractivity contribution in [3.05, 3.63) is 76.5 Å². The number of benzene rings is 2. The van der Waals surface area contributed by atoms with E-state index in [1.165, 1.54) is 41.4 Å². The summed E-state index contributed by atoms with van der Waals surface area (Å²) < 4.78 is 20.4. The van der Waals surface area contributed by atoms with Crippen molar-refractivity contribution in [1.82, 2.24) is 9.55 Å². The van der Waals surface area contributed by atoms with Crippen LogP contribution < -0.4 is 5.32 Å². The van der Waals surface area contributed by atoms with E-state index in [0.717, 1.165) is 10.0 Å². The van der Waals surface area contributed by atoms with E-state index in [4.69, 9.17) is 4.74 Å². The van der Waals surface area contributed by atoms with Crippen molar-refractivity contribution >= 4 is 33.5 Å². The molecule has 6 nitrogen and oxygen atoms in total. The lowest BCUT2D eigenvalue weighted by atomic mass is 10.2. The van der Waals surface area contributed by atoms with E-state index in [1.54, 1.807) is 12.1 Å². The Morgan fingerprint density at radius 3 is 2.67 bits per heavy atom. The molecule has 0 aliphatic carbocycles. The van der Waals surface area contributed by atoms with E-state index in [2.05, 4.69) is 26.2 Å². The molecule has 3 rings (SSSR count). The lowest BCUT2D eigenvalue weighted by Crippen LogP contribution is -2.22. The van der Waals surface area contributed by atoms with E-state index >= 15 is 0 Å². The molecule has 0 spiro atoms. The zero-order valence-corrected chi connectivity index (χ0v) is 15.9. The third-order valence-electron chi connectivity index (χ3n) is 3.74. The van der Waals surface area contributed by atoms with E-state index < -0.39 is 18.5 Å². The van der Waals surface area contributed by atoms with Crippen molar-refractivity contribution in [3.8, 4) is 5.69 Å². The van der Waals surface area contributed by atoms with Crippen LogP contribution in [0.2, 0.25) is 0 Å². The summed E-state index contributed by atoms with van der Waals surface area (Å²) in [6.45, 7) is 1.49. The van der Waals surface area contributed by atoms with Crippen LogP contribution >= 0.6 is 15.9 Å². The van der Waals surface area contributed by atoms with E-state index in [9.17, 15) is 14.0 Å². The molecule has 0 fully saturated rings. The Labute approximate surface area is 163 Å². The molecule has 8 heteroatoms. The van der Waals surface area contributed by atoms with Gasteiger partial charge in [-0.25, -0.2) is 14.2 Å². The first-order chi connectivity index (χ1) is 12.9. The molecule has 0 aliphatic rings. The minimum atomic E-state index is -0.711. The minimum absolute atomic E-state index is 0.132. The molecular weight excluding hydrogens is 417 g/mol. The Balaban J connectivity index is 1.63. The number of aryl methyl sites for hydroxylation is 1. The highest BCUT2D eigenvalue weighted by atomic mass is 79.9. The first-order valence-corrected chi connectivity index (χ1v) is 8.75. The van der Waals surface area contributed by atoms with E-state index in [1.807, 2.05) is 13.0 Å². The number of nitrogens with one attached hydrogen (secondary N) is 1. The zero-order chi connectivity index (χ0) is 19.4. The number of carbonyl (C=O) groups excluding carboxylic acids is 2. The third kappa shape index (κ3) is 4.59. The number of nitrogens with zero attached hydrogens (tertiary/aromatic N) is 2. The molecule has 0 unspecified atom stereocenters. The topological polar surface area (TPSA) is 73.2 Å². The maximum Gasteiger partial charge on any atom is 0.357 e. The summed E-state index contributed by atoms with van der Waals surface area (Å²) in [7, 11) is 0. The van der Waals surface area contributed by atoms with Crippen LogP contribution in [-0.2, 0) is 9.53 Å². The van der Waals surface area contributed by atoms with E-state index in [-0.39, 0.29) is 11.5 Å². The number of hydrogen-bond acceptors (Lipinski definition) is 4. The summed E-state index contributed by atoms with van der Waals surface area (Å²) in [4.78, 5) is 28.2. The molecule has 0 saturated heterocycles. The van der Waals surface area contributed by atoms with Gasteiger partial charge in [0.2, 0.25) is 0 Å². The molecule has 0 saturated carbocycles. The summed E-state index contributed by atoms with van der Waals surface area (Å²) in [5, 5.41) is 2.65. The van der Waals surface area contributed by atoms with Crippen LogP contribution in [-0.4, -0.2) is 28.0 Å². The second-order valence-electron chi connectivity index (χ2n) is 5.71. The fraction of sp³-hybridized carbons (Fsp3) is 0.105. The van der Waals surface area contributed by atoms with Gasteiger partial charge in [-0.1, -0.05) is 22.0 Å². The largest absolute Gasteiger partial charge is 0.451 e. The van der Waals surface area contributed by atoms with Crippen LogP contribution in [0.1, 0.15) is 16.1 Å². The number of imidazole rings is 1. The number of rotatable bonds is 5. The lowest BCUT2D eigenvalue weighted by molar-refractivity contribution is -0.119. The molecule has 1 N–H and O–H groups in total. The fourth-order valence-corrected chi connectivity index (χ4v) is 2.71. The smallest absolute Gasteiger partial charge is 0.357 e. The molecule has 2 aromatic carbocycles. The number of carbonyl (C=O) groups is 2. The van der Waals surface area contributed by atoms with Gasteiger partial charge in [0.1, 0.15) is 5.82 Å². The van der Waals surface area contributed by atoms with Crippen LogP contribution in [0.4, 0.5) is 10.1 Å². The predicted molar refractivity (Wildman–Crippen MR) is 101 cm³/mol. The van der Waals surface area contributed by atoms with Gasteiger partial charge < -0.3 is 10.1 Å². The lowest BCUT2D eigenvalue weighted by Gasteiger charge is -2.09. The Morgan fingerprint density at radius 1 is 1.22 bits per heavy atom. The third-order valence-corrected chi connectivity index (χ3v) is 4.60. The van der Waals surface area contributed by atoms with Crippen molar-refractivity contribution in [3.63, 3.8) is 0 Å². The molecular formula is C19H15BrFN3O3. The first kappa shape index (κ1) is 18.8. The van der Waals surface area contributed by atoms with Crippen molar-refractivity contribution < 1.29 is 18.7 Å². The van der Waals surface area contributed by atoms with E-state index in [0.29, 0.717) is 11.4 Å². The van der Waals surface area contributed by atoms with Crippen LogP contribution in [0.25, 0.3) is 5.69 Å². The van der Waals surface area contributed by atoms with Gasteiger partial charge >= 0.3 is 5.97 Å². The second kappa shape index (κ2) is 8.13. The number of aromatic nitrogens is 2. The molecule has 1 heterocycles. The minimum Gasteiger partial charge on any atom is -0.451 e. The number of anilines is 1. The Bertz CT molecular complexity index is 986. The van der Waals surface area contributed by atoms with Gasteiger partial charge in [-0.15, -0.1) is 0 Å². The SMILES string of the molecule is Cc1ccc(NC(=O)COC(=O)c2cncn2-c2ccc(F)cc2)cc1Br. The molecule has 3 aromatic rings. The monoisotopic (exact) mass is 431 g/mol.